The third kappa shape index (κ3) is 3.67. The average molecular weight is 321 g/mol. The van der Waals surface area contributed by atoms with E-state index in [4.69, 9.17) is 10.2 Å². The molecule has 1 aromatic carbocycles. The first-order chi connectivity index (χ1) is 10.2. The molecule has 2 atom stereocenters. The maximum absolute atomic E-state index is 13.5. The van der Waals surface area contributed by atoms with Crippen molar-refractivity contribution in [3.8, 4) is 0 Å². The molecule has 0 heterocycles. The Morgan fingerprint density at radius 3 is 2.32 bits per heavy atom. The highest BCUT2D eigenvalue weighted by atomic mass is 19.2. The number of ketones is 1. The van der Waals surface area contributed by atoms with Gasteiger partial charge >= 0.3 is 5.97 Å². The van der Waals surface area contributed by atoms with E-state index in [9.17, 15) is 27.2 Å². The Balaban J connectivity index is 3.27. The van der Waals surface area contributed by atoms with Crippen LogP contribution in [-0.4, -0.2) is 40.8 Å². The summed E-state index contributed by atoms with van der Waals surface area (Å²) in [6.45, 7) is 0.961. The molecule has 0 aliphatic heterocycles. The zero-order valence-corrected chi connectivity index (χ0v) is 11.2. The van der Waals surface area contributed by atoms with Crippen LogP contribution in [0.25, 0.3) is 0 Å². The Labute approximate surface area is 121 Å². The van der Waals surface area contributed by atoms with Crippen LogP contribution in [0.1, 0.15) is 17.3 Å². The molecule has 1 aromatic rings. The number of hydrogen-bond acceptors (Lipinski definition) is 4. The summed E-state index contributed by atoms with van der Waals surface area (Å²) in [5.74, 6) is -13.4. The van der Waals surface area contributed by atoms with E-state index in [2.05, 4.69) is 4.99 Å². The first-order valence-corrected chi connectivity index (χ1v) is 5.94. The van der Waals surface area contributed by atoms with Gasteiger partial charge < -0.3 is 10.2 Å². The van der Waals surface area contributed by atoms with Crippen LogP contribution < -0.4 is 0 Å². The number of hydrogen-bond donors (Lipinski definition) is 2. The van der Waals surface area contributed by atoms with Gasteiger partial charge in [0.1, 0.15) is 0 Å². The SMILES string of the molecule is CC(CO)N=CC(C(=O)O)C(=O)c1cc(F)c(F)c(F)c1F. The van der Waals surface area contributed by atoms with Crippen molar-refractivity contribution in [2.75, 3.05) is 6.61 Å². The first-order valence-electron chi connectivity index (χ1n) is 5.94. The summed E-state index contributed by atoms with van der Waals surface area (Å²) in [7, 11) is 0. The van der Waals surface area contributed by atoms with Crippen molar-refractivity contribution in [3.63, 3.8) is 0 Å². The molecule has 0 radical (unpaired) electrons. The van der Waals surface area contributed by atoms with Gasteiger partial charge in [-0.05, 0) is 13.0 Å². The zero-order valence-electron chi connectivity index (χ0n) is 11.2. The molecule has 0 fully saturated rings. The van der Waals surface area contributed by atoms with Crippen LogP contribution in [0.2, 0.25) is 0 Å². The number of aliphatic hydroxyl groups is 1. The van der Waals surface area contributed by atoms with Gasteiger partial charge in [0.2, 0.25) is 0 Å². The highest BCUT2D eigenvalue weighted by Crippen LogP contribution is 2.21. The van der Waals surface area contributed by atoms with Crippen molar-refractivity contribution in [2.24, 2.45) is 10.9 Å². The summed E-state index contributed by atoms with van der Waals surface area (Å²) in [6.07, 6.45) is 0.615. The number of carbonyl (C=O) groups excluding carboxylic acids is 1. The summed E-state index contributed by atoms with van der Waals surface area (Å²) in [4.78, 5) is 26.4. The fraction of sp³-hybridized carbons (Fsp3) is 0.308. The van der Waals surface area contributed by atoms with Gasteiger partial charge in [-0.25, -0.2) is 17.6 Å². The van der Waals surface area contributed by atoms with Crippen molar-refractivity contribution in [3.05, 3.63) is 34.9 Å². The van der Waals surface area contributed by atoms with Crippen LogP contribution in [0.15, 0.2) is 11.1 Å². The largest absolute Gasteiger partial charge is 0.480 e. The van der Waals surface area contributed by atoms with Crippen LogP contribution in [0.5, 0.6) is 0 Å². The van der Waals surface area contributed by atoms with E-state index in [1.807, 2.05) is 0 Å². The Hall–Kier alpha value is -2.29. The molecule has 0 spiro atoms. The maximum Gasteiger partial charge on any atom is 0.319 e. The molecular formula is C13H11F4NO4. The lowest BCUT2D eigenvalue weighted by Gasteiger charge is -2.09. The summed E-state index contributed by atoms with van der Waals surface area (Å²) in [5, 5.41) is 17.7. The zero-order chi connectivity index (χ0) is 17.0. The van der Waals surface area contributed by atoms with Gasteiger partial charge in [0.05, 0.1) is 18.2 Å². The summed E-state index contributed by atoms with van der Waals surface area (Å²) >= 11 is 0. The van der Waals surface area contributed by atoms with E-state index < -0.39 is 59.2 Å². The van der Waals surface area contributed by atoms with E-state index >= 15 is 0 Å². The second-order valence-corrected chi connectivity index (χ2v) is 4.36. The number of halogens is 4. The van der Waals surface area contributed by atoms with E-state index in [1.54, 1.807) is 0 Å². The number of benzene rings is 1. The van der Waals surface area contributed by atoms with Crippen LogP contribution in [0, 0.1) is 29.2 Å². The number of carbonyl (C=O) groups is 2. The number of aliphatic imine (C=N–C) groups is 1. The lowest BCUT2D eigenvalue weighted by atomic mass is 9.97. The summed E-state index contributed by atoms with van der Waals surface area (Å²) < 4.78 is 52.5. The molecule has 5 nitrogen and oxygen atoms in total. The normalized spacial score (nSPS) is 14.1. The molecule has 0 saturated carbocycles. The fourth-order valence-electron chi connectivity index (χ4n) is 1.44. The molecule has 9 heteroatoms. The predicted molar refractivity (Wildman–Crippen MR) is 66.8 cm³/mol. The van der Waals surface area contributed by atoms with Crippen molar-refractivity contribution in [2.45, 2.75) is 13.0 Å². The molecule has 0 saturated heterocycles. The highest BCUT2D eigenvalue weighted by molar-refractivity contribution is 6.18. The number of rotatable bonds is 6. The Morgan fingerprint density at radius 2 is 1.82 bits per heavy atom. The third-order valence-electron chi connectivity index (χ3n) is 2.67. The number of Topliss-reactive ketones (excluding diaryl/α,β-unsaturated/α-hetero) is 1. The molecule has 0 bridgehead atoms. The molecule has 0 aliphatic carbocycles. The van der Waals surface area contributed by atoms with E-state index in [1.165, 1.54) is 6.92 Å². The number of nitrogens with zero attached hydrogens (tertiary/aromatic N) is 1. The second kappa shape index (κ2) is 7.12. The monoisotopic (exact) mass is 321 g/mol. The van der Waals surface area contributed by atoms with Crippen molar-refractivity contribution >= 4 is 18.0 Å². The number of aliphatic hydroxyl groups excluding tert-OH is 1. The van der Waals surface area contributed by atoms with Crippen LogP contribution in [-0.2, 0) is 4.79 Å². The maximum atomic E-state index is 13.5. The minimum absolute atomic E-state index is 0.0787. The summed E-state index contributed by atoms with van der Waals surface area (Å²) in [6, 6.07) is -0.656. The molecule has 0 amide bonds. The predicted octanol–water partition coefficient (Wildman–Crippen LogP) is 1.58. The van der Waals surface area contributed by atoms with Gasteiger partial charge in [0.25, 0.3) is 0 Å². The Morgan fingerprint density at radius 1 is 1.23 bits per heavy atom. The summed E-state index contributed by atoms with van der Waals surface area (Å²) in [5.41, 5.74) is -1.24. The number of carboxylic acid groups (broad SMARTS) is 1. The van der Waals surface area contributed by atoms with Crippen molar-refractivity contribution in [1.82, 2.24) is 0 Å². The smallest absolute Gasteiger partial charge is 0.319 e. The van der Waals surface area contributed by atoms with Crippen molar-refractivity contribution in [1.29, 1.82) is 0 Å². The lowest BCUT2D eigenvalue weighted by molar-refractivity contribution is -0.137. The van der Waals surface area contributed by atoms with Gasteiger partial charge in [-0.15, -0.1) is 0 Å². The molecule has 0 aliphatic rings. The minimum Gasteiger partial charge on any atom is -0.480 e. The van der Waals surface area contributed by atoms with E-state index in [-0.39, 0.29) is 6.07 Å². The Bertz CT molecular complexity index is 633. The number of carboxylic acids is 1. The second-order valence-electron chi connectivity index (χ2n) is 4.36. The molecule has 2 unspecified atom stereocenters. The number of aliphatic carboxylic acids is 1. The molecule has 0 aromatic heterocycles. The Kier molecular flexibility index (Phi) is 5.75. The molecular weight excluding hydrogens is 310 g/mol. The van der Waals surface area contributed by atoms with Gasteiger partial charge in [0, 0.05) is 6.21 Å². The molecule has 120 valence electrons. The fourth-order valence-corrected chi connectivity index (χ4v) is 1.44. The topological polar surface area (TPSA) is 87.0 Å². The van der Waals surface area contributed by atoms with E-state index in [0.29, 0.717) is 6.21 Å². The van der Waals surface area contributed by atoms with Gasteiger partial charge in [-0.2, -0.15) is 0 Å². The standard InChI is InChI=1S/C13H11F4NO4/c1-5(4-19)18-3-7(13(21)22)12(20)6-2-8(14)10(16)11(17)9(6)15/h2-3,5,7,19H,4H2,1H3,(H,21,22). The van der Waals surface area contributed by atoms with Gasteiger partial charge in [-0.1, -0.05) is 0 Å². The molecule has 2 N–H and O–H groups in total. The van der Waals surface area contributed by atoms with Crippen molar-refractivity contribution < 1.29 is 37.4 Å². The van der Waals surface area contributed by atoms with E-state index in [0.717, 1.165) is 0 Å². The van der Waals surface area contributed by atoms with Crippen LogP contribution >= 0.6 is 0 Å². The minimum atomic E-state index is -2.21. The van der Waals surface area contributed by atoms with Crippen LogP contribution in [0.3, 0.4) is 0 Å². The third-order valence-corrected chi connectivity index (χ3v) is 2.67. The van der Waals surface area contributed by atoms with Gasteiger partial charge in [-0.3, -0.25) is 14.6 Å². The molecule has 22 heavy (non-hydrogen) atoms. The van der Waals surface area contributed by atoms with Crippen LogP contribution in [0.4, 0.5) is 17.6 Å². The molecule has 1 rings (SSSR count). The first kappa shape index (κ1) is 17.8. The quantitative estimate of drug-likeness (QED) is 0.208. The lowest BCUT2D eigenvalue weighted by Crippen LogP contribution is -2.27. The highest BCUT2D eigenvalue weighted by Gasteiger charge is 2.31. The van der Waals surface area contributed by atoms with Gasteiger partial charge in [0.15, 0.2) is 35.0 Å². The average Bonchev–Trinajstić information content (AvgIpc) is 2.48.